The molecule has 4 rings (SSSR count). The van der Waals surface area contributed by atoms with Crippen LogP contribution in [0.2, 0.25) is 0 Å². The first-order chi connectivity index (χ1) is 14.9. The van der Waals surface area contributed by atoms with E-state index in [2.05, 4.69) is 27.8 Å². The van der Waals surface area contributed by atoms with Crippen LogP contribution in [0.25, 0.3) is 0 Å². The Morgan fingerprint density at radius 3 is 2.55 bits per heavy atom. The van der Waals surface area contributed by atoms with Crippen molar-refractivity contribution in [1.82, 2.24) is 14.5 Å². The van der Waals surface area contributed by atoms with Crippen LogP contribution in [0.4, 0.5) is 0 Å². The smallest absolute Gasteiger partial charge is 0.240 e. The second-order valence-corrected chi connectivity index (χ2v) is 9.93. The third kappa shape index (κ3) is 5.44. The van der Waals surface area contributed by atoms with Crippen LogP contribution in [0.3, 0.4) is 0 Å². The average molecular weight is 444 g/mol. The highest BCUT2D eigenvalue weighted by Crippen LogP contribution is 2.26. The van der Waals surface area contributed by atoms with Gasteiger partial charge in [-0.3, -0.25) is 9.69 Å². The third-order valence-corrected chi connectivity index (χ3v) is 7.32. The summed E-state index contributed by atoms with van der Waals surface area (Å²) >= 11 is 0. The number of sulfonamides is 1. The molecule has 2 aliphatic rings. The summed E-state index contributed by atoms with van der Waals surface area (Å²) < 4.78 is 32.8. The topological polar surface area (TPSA) is 79.0 Å². The van der Waals surface area contributed by atoms with Gasteiger partial charge in [-0.1, -0.05) is 29.8 Å². The Morgan fingerprint density at radius 2 is 1.81 bits per heavy atom. The average Bonchev–Trinajstić information content (AvgIpc) is 3.22. The molecule has 1 N–H and O–H groups in total. The van der Waals surface area contributed by atoms with Gasteiger partial charge in [0.25, 0.3) is 0 Å². The summed E-state index contributed by atoms with van der Waals surface area (Å²) in [6.45, 7) is 6.60. The van der Waals surface area contributed by atoms with Gasteiger partial charge in [-0.15, -0.1) is 0 Å². The lowest BCUT2D eigenvalue weighted by molar-refractivity contribution is -0.132. The highest BCUT2D eigenvalue weighted by molar-refractivity contribution is 7.89. The predicted molar refractivity (Wildman–Crippen MR) is 118 cm³/mol. The molecule has 1 amide bonds. The molecule has 7 nitrogen and oxygen atoms in total. The fourth-order valence-corrected chi connectivity index (χ4v) is 5.03. The van der Waals surface area contributed by atoms with Crippen molar-refractivity contribution in [3.63, 3.8) is 0 Å². The number of hydrogen-bond donors (Lipinski definition) is 1. The lowest BCUT2D eigenvalue weighted by atomic mass is 10.1. The monoisotopic (exact) mass is 443 g/mol. The molecule has 0 aromatic heterocycles. The summed E-state index contributed by atoms with van der Waals surface area (Å²) in [5, 5.41) is 0. The summed E-state index contributed by atoms with van der Waals surface area (Å²) in [6, 6.07) is 13.1. The third-order valence-electron chi connectivity index (χ3n) is 5.85. The van der Waals surface area contributed by atoms with Gasteiger partial charge in [-0.25, -0.2) is 13.1 Å². The largest absolute Gasteiger partial charge is 0.493 e. The molecule has 2 aromatic rings. The molecule has 1 fully saturated rings. The minimum Gasteiger partial charge on any atom is -0.493 e. The summed E-state index contributed by atoms with van der Waals surface area (Å²) in [7, 11) is -3.59. The number of nitrogens with one attached hydrogen (secondary N) is 1. The first kappa shape index (κ1) is 21.8. The van der Waals surface area contributed by atoms with E-state index in [-0.39, 0.29) is 23.8 Å². The maximum Gasteiger partial charge on any atom is 0.240 e. The maximum absolute atomic E-state index is 12.5. The van der Waals surface area contributed by atoms with Crippen molar-refractivity contribution in [1.29, 1.82) is 0 Å². The van der Waals surface area contributed by atoms with Gasteiger partial charge in [-0.05, 0) is 36.2 Å². The SMILES string of the molecule is Cc1ccc(S(=O)(=O)NCCC(=O)N2CCN(Cc3ccc4c(c3)CCO4)CC2)cc1. The zero-order chi connectivity index (χ0) is 21.8. The maximum atomic E-state index is 12.5. The van der Waals surface area contributed by atoms with Gasteiger partial charge >= 0.3 is 0 Å². The number of carbonyl (C=O) groups is 1. The minimum atomic E-state index is -3.59. The molecule has 0 aliphatic carbocycles. The van der Waals surface area contributed by atoms with Gasteiger partial charge in [0, 0.05) is 52.1 Å². The van der Waals surface area contributed by atoms with Crippen LogP contribution in [0.15, 0.2) is 47.4 Å². The van der Waals surface area contributed by atoms with E-state index in [9.17, 15) is 13.2 Å². The summed E-state index contributed by atoms with van der Waals surface area (Å²) in [5.74, 6) is 0.984. The van der Waals surface area contributed by atoms with Gasteiger partial charge in [-0.2, -0.15) is 0 Å². The number of ether oxygens (including phenoxy) is 1. The molecule has 1 saturated heterocycles. The normalized spacial score (nSPS) is 16.7. The quantitative estimate of drug-likeness (QED) is 0.708. The Labute approximate surface area is 184 Å². The Kier molecular flexibility index (Phi) is 6.60. The first-order valence-electron chi connectivity index (χ1n) is 10.7. The first-order valence-corrected chi connectivity index (χ1v) is 12.2. The number of rotatable bonds is 7. The zero-order valence-electron chi connectivity index (χ0n) is 17.8. The molecule has 8 heteroatoms. The molecule has 0 unspecified atom stereocenters. The van der Waals surface area contributed by atoms with Crippen LogP contribution in [0.1, 0.15) is 23.1 Å². The van der Waals surface area contributed by atoms with Crippen molar-refractivity contribution in [2.45, 2.75) is 31.2 Å². The number of piperazine rings is 1. The molecule has 0 spiro atoms. The number of hydrogen-bond acceptors (Lipinski definition) is 5. The van der Waals surface area contributed by atoms with E-state index in [1.54, 1.807) is 24.3 Å². The molecule has 0 radical (unpaired) electrons. The standard InChI is InChI=1S/C23H29N3O4S/c1-18-2-5-21(6-3-18)31(28,29)24-10-8-23(27)26-13-11-25(12-14-26)17-19-4-7-22-20(16-19)9-15-30-22/h2-7,16,24H,8-15,17H2,1H3. The number of fused-ring (bicyclic) bond motifs is 1. The number of amides is 1. The van der Waals surface area contributed by atoms with Crippen molar-refractivity contribution >= 4 is 15.9 Å². The predicted octanol–water partition coefficient (Wildman–Crippen LogP) is 1.94. The van der Waals surface area contributed by atoms with Gasteiger partial charge in [0.2, 0.25) is 15.9 Å². The molecular formula is C23H29N3O4S. The highest BCUT2D eigenvalue weighted by Gasteiger charge is 2.22. The number of nitrogens with zero attached hydrogens (tertiary/aromatic N) is 2. The van der Waals surface area contributed by atoms with Crippen LogP contribution in [-0.2, 0) is 27.8 Å². The van der Waals surface area contributed by atoms with Crippen molar-refractivity contribution in [3.05, 3.63) is 59.2 Å². The fourth-order valence-electron chi connectivity index (χ4n) is 4.00. The zero-order valence-corrected chi connectivity index (χ0v) is 18.7. The molecule has 2 heterocycles. The second-order valence-electron chi connectivity index (χ2n) is 8.16. The molecule has 166 valence electrons. The molecular weight excluding hydrogens is 414 g/mol. The van der Waals surface area contributed by atoms with Crippen LogP contribution in [0.5, 0.6) is 5.75 Å². The summed E-state index contributed by atoms with van der Waals surface area (Å²) in [6.07, 6.45) is 1.13. The van der Waals surface area contributed by atoms with Crippen molar-refractivity contribution in [3.8, 4) is 5.75 Å². The number of aryl methyl sites for hydroxylation is 1. The van der Waals surface area contributed by atoms with Crippen molar-refractivity contribution in [2.75, 3.05) is 39.3 Å². The van der Waals surface area contributed by atoms with Gasteiger partial charge < -0.3 is 9.64 Å². The Bertz CT molecular complexity index is 1030. The number of benzene rings is 2. The van der Waals surface area contributed by atoms with Crippen LogP contribution in [-0.4, -0.2) is 63.5 Å². The van der Waals surface area contributed by atoms with Crippen molar-refractivity contribution < 1.29 is 17.9 Å². The summed E-state index contributed by atoms with van der Waals surface area (Å²) in [4.78, 5) is 16.9. The molecule has 0 saturated carbocycles. The minimum absolute atomic E-state index is 0.0130. The molecule has 2 aromatic carbocycles. The lowest BCUT2D eigenvalue weighted by Crippen LogP contribution is -2.48. The van der Waals surface area contributed by atoms with E-state index in [0.29, 0.717) is 13.1 Å². The lowest BCUT2D eigenvalue weighted by Gasteiger charge is -2.35. The van der Waals surface area contributed by atoms with E-state index < -0.39 is 10.0 Å². The number of carbonyl (C=O) groups excluding carboxylic acids is 1. The van der Waals surface area contributed by atoms with Crippen LogP contribution >= 0.6 is 0 Å². The molecule has 31 heavy (non-hydrogen) atoms. The highest BCUT2D eigenvalue weighted by atomic mass is 32.2. The van der Waals surface area contributed by atoms with E-state index in [4.69, 9.17) is 4.74 Å². The Hall–Kier alpha value is -2.42. The van der Waals surface area contributed by atoms with E-state index in [0.717, 1.165) is 44.0 Å². The van der Waals surface area contributed by atoms with Crippen LogP contribution in [0, 0.1) is 6.92 Å². The van der Waals surface area contributed by atoms with E-state index in [1.807, 2.05) is 11.8 Å². The van der Waals surface area contributed by atoms with Gasteiger partial charge in [0.15, 0.2) is 0 Å². The van der Waals surface area contributed by atoms with Crippen LogP contribution < -0.4 is 9.46 Å². The summed E-state index contributed by atoms with van der Waals surface area (Å²) in [5.41, 5.74) is 3.55. The molecule has 0 atom stereocenters. The fraction of sp³-hybridized carbons (Fsp3) is 0.435. The van der Waals surface area contributed by atoms with E-state index in [1.165, 1.54) is 11.1 Å². The van der Waals surface area contributed by atoms with E-state index >= 15 is 0 Å². The van der Waals surface area contributed by atoms with Gasteiger partial charge in [0.1, 0.15) is 5.75 Å². The second kappa shape index (κ2) is 9.38. The van der Waals surface area contributed by atoms with Gasteiger partial charge in [0.05, 0.1) is 11.5 Å². The Balaban J connectivity index is 1.21. The van der Waals surface area contributed by atoms with Crippen molar-refractivity contribution in [2.24, 2.45) is 0 Å². The Morgan fingerprint density at radius 1 is 1.06 bits per heavy atom. The molecule has 2 aliphatic heterocycles. The molecule has 0 bridgehead atoms.